The number of para-hydroxylation sites is 1. The Balaban J connectivity index is 0.000000189. The van der Waals surface area contributed by atoms with Crippen LogP contribution in [0.5, 0.6) is 0 Å². The van der Waals surface area contributed by atoms with E-state index in [1.165, 1.54) is 29.8 Å². The first-order chi connectivity index (χ1) is 16.0. The number of likely N-dealkylation sites (tertiary alicyclic amines) is 1. The van der Waals surface area contributed by atoms with E-state index >= 15 is 0 Å². The van der Waals surface area contributed by atoms with Crippen LogP contribution >= 0.6 is 0 Å². The molecule has 4 rings (SSSR count). The van der Waals surface area contributed by atoms with E-state index < -0.39 is 6.03 Å². The Morgan fingerprint density at radius 2 is 1.88 bits per heavy atom. The Morgan fingerprint density at radius 1 is 1.21 bits per heavy atom. The molecule has 1 fully saturated rings. The number of hydrogen-bond donors (Lipinski definition) is 2. The Bertz CT molecular complexity index is 1080. The van der Waals surface area contributed by atoms with Crippen molar-refractivity contribution in [2.45, 2.75) is 19.3 Å². The second-order valence-corrected chi connectivity index (χ2v) is 7.85. The Kier molecular flexibility index (Phi) is 8.58. The van der Waals surface area contributed by atoms with Gasteiger partial charge in [-0.15, -0.1) is 0 Å². The van der Waals surface area contributed by atoms with Crippen LogP contribution in [0, 0.1) is 18.3 Å². The zero-order valence-electron chi connectivity index (χ0n) is 19.1. The van der Waals surface area contributed by atoms with E-state index in [0.717, 1.165) is 24.8 Å². The van der Waals surface area contributed by atoms with Crippen LogP contribution in [0.15, 0.2) is 60.7 Å². The van der Waals surface area contributed by atoms with Crippen LogP contribution in [0.4, 0.5) is 10.6 Å². The molecule has 172 valence electrons. The van der Waals surface area contributed by atoms with Gasteiger partial charge in [0.1, 0.15) is 11.6 Å². The normalized spacial score (nSPS) is 15.4. The van der Waals surface area contributed by atoms with Crippen LogP contribution in [0.2, 0.25) is 0 Å². The average molecular weight is 447 g/mol. The molecule has 0 bridgehead atoms. The summed E-state index contributed by atoms with van der Waals surface area (Å²) >= 11 is 0. The number of ether oxygens (including phenoxy) is 1. The van der Waals surface area contributed by atoms with E-state index in [0.29, 0.717) is 11.3 Å². The number of nitrogens with one attached hydrogen (secondary N) is 1. The molecular formula is C25H30N6O2. The highest BCUT2D eigenvalue weighted by atomic mass is 16.5. The smallest absolute Gasteiger partial charge is 0.317 e. The maximum Gasteiger partial charge on any atom is 0.317 e. The first-order valence-electron chi connectivity index (χ1n) is 10.9. The first kappa shape index (κ1) is 24.0. The Morgan fingerprint density at radius 3 is 2.48 bits per heavy atom. The average Bonchev–Trinajstić information content (AvgIpc) is 3.43. The summed E-state index contributed by atoms with van der Waals surface area (Å²) < 4.78 is 6.59. The fraction of sp³-hybridized carbons (Fsp3) is 0.320. The van der Waals surface area contributed by atoms with Gasteiger partial charge in [0, 0.05) is 20.2 Å². The molecule has 1 aliphatic heterocycles. The lowest BCUT2D eigenvalue weighted by Gasteiger charge is -2.15. The molecule has 1 saturated heterocycles. The standard InChI is InChI=1S/C13H19NO.C12H11N5O/c1-15-10-9-14-8-7-13(11-14)12-5-3-2-4-6-12;1-8-10(7-13)11(15-12(14)18)17(16-8)9-5-3-2-4-6-9/h2-6,13H,7-11H2,1H3;2-6H,1H3,(H3,14,15,18). The van der Waals surface area contributed by atoms with E-state index in [1.54, 1.807) is 14.0 Å². The van der Waals surface area contributed by atoms with Gasteiger partial charge < -0.3 is 15.4 Å². The molecule has 2 aromatic carbocycles. The molecule has 0 spiro atoms. The van der Waals surface area contributed by atoms with Crippen LogP contribution in [-0.4, -0.2) is 54.1 Å². The number of urea groups is 1. The predicted octanol–water partition coefficient (Wildman–Crippen LogP) is 3.67. The number of aromatic nitrogens is 2. The van der Waals surface area contributed by atoms with Gasteiger partial charge in [-0.1, -0.05) is 48.5 Å². The molecule has 0 aliphatic carbocycles. The number of nitrogens with zero attached hydrogens (tertiary/aromatic N) is 4. The second kappa shape index (κ2) is 11.8. The van der Waals surface area contributed by atoms with Crippen molar-refractivity contribution in [1.82, 2.24) is 14.7 Å². The van der Waals surface area contributed by atoms with E-state index in [9.17, 15) is 4.79 Å². The van der Waals surface area contributed by atoms with Crippen LogP contribution < -0.4 is 11.1 Å². The third-order valence-electron chi connectivity index (χ3n) is 5.57. The number of nitrogens with two attached hydrogens (primary N) is 1. The van der Waals surface area contributed by atoms with Crippen molar-refractivity contribution in [3.63, 3.8) is 0 Å². The van der Waals surface area contributed by atoms with Crippen molar-refractivity contribution < 1.29 is 9.53 Å². The van der Waals surface area contributed by atoms with Crippen LogP contribution in [0.3, 0.4) is 0 Å². The number of anilines is 1. The molecule has 33 heavy (non-hydrogen) atoms. The summed E-state index contributed by atoms with van der Waals surface area (Å²) in [4.78, 5) is 13.5. The number of nitriles is 1. The molecule has 0 saturated carbocycles. The van der Waals surface area contributed by atoms with E-state index in [4.69, 9.17) is 15.7 Å². The zero-order valence-corrected chi connectivity index (χ0v) is 19.1. The van der Waals surface area contributed by atoms with Gasteiger partial charge in [-0.2, -0.15) is 10.4 Å². The van der Waals surface area contributed by atoms with Gasteiger partial charge in [-0.3, -0.25) is 5.32 Å². The summed E-state index contributed by atoms with van der Waals surface area (Å²) in [6.45, 7) is 6.02. The Hall–Kier alpha value is -3.67. The molecule has 3 N–H and O–H groups in total. The van der Waals surface area contributed by atoms with Gasteiger partial charge in [0.2, 0.25) is 0 Å². The number of hydrogen-bond acceptors (Lipinski definition) is 5. The maximum absolute atomic E-state index is 11.0. The molecule has 3 aromatic rings. The molecule has 1 atom stereocenters. The molecule has 1 aromatic heterocycles. The largest absolute Gasteiger partial charge is 0.383 e. The summed E-state index contributed by atoms with van der Waals surface area (Å²) in [6.07, 6.45) is 1.29. The minimum Gasteiger partial charge on any atom is -0.383 e. The lowest BCUT2D eigenvalue weighted by Crippen LogP contribution is -2.24. The van der Waals surface area contributed by atoms with Crippen molar-refractivity contribution in [2.75, 3.05) is 38.7 Å². The summed E-state index contributed by atoms with van der Waals surface area (Å²) in [5.74, 6) is 1.01. The molecule has 0 radical (unpaired) electrons. The summed E-state index contributed by atoms with van der Waals surface area (Å²) in [6, 6.07) is 21.3. The van der Waals surface area contributed by atoms with Crippen LogP contribution in [0.25, 0.3) is 5.69 Å². The highest BCUT2D eigenvalue weighted by Gasteiger charge is 2.23. The number of carbonyl (C=O) groups excluding carboxylic acids is 1. The molecule has 8 nitrogen and oxygen atoms in total. The lowest BCUT2D eigenvalue weighted by atomic mass is 9.99. The summed E-state index contributed by atoms with van der Waals surface area (Å²) in [5, 5.41) is 15.7. The summed E-state index contributed by atoms with van der Waals surface area (Å²) in [7, 11) is 1.77. The molecule has 1 unspecified atom stereocenters. The van der Waals surface area contributed by atoms with Crippen molar-refractivity contribution >= 4 is 11.8 Å². The number of benzene rings is 2. The van der Waals surface area contributed by atoms with E-state index in [-0.39, 0.29) is 5.82 Å². The third-order valence-corrected chi connectivity index (χ3v) is 5.57. The fourth-order valence-corrected chi connectivity index (χ4v) is 3.90. The van der Waals surface area contributed by atoms with E-state index in [1.807, 2.05) is 36.4 Å². The van der Waals surface area contributed by atoms with Gasteiger partial charge >= 0.3 is 6.03 Å². The SMILES string of the molecule is COCCN1CCC(c2ccccc2)C1.Cc1nn(-c2ccccc2)c(NC(N)=O)c1C#N. The second-order valence-electron chi connectivity index (χ2n) is 7.85. The van der Waals surface area contributed by atoms with Crippen LogP contribution in [-0.2, 0) is 4.74 Å². The number of carbonyl (C=O) groups is 1. The van der Waals surface area contributed by atoms with E-state index in [2.05, 4.69) is 45.6 Å². The minimum absolute atomic E-state index is 0.286. The van der Waals surface area contributed by atoms with Crippen molar-refractivity contribution in [2.24, 2.45) is 5.73 Å². The monoisotopic (exact) mass is 446 g/mol. The maximum atomic E-state index is 11.0. The predicted molar refractivity (Wildman–Crippen MR) is 128 cm³/mol. The quantitative estimate of drug-likeness (QED) is 0.600. The molecular weight excluding hydrogens is 416 g/mol. The van der Waals surface area contributed by atoms with Gasteiger partial charge in [-0.25, -0.2) is 9.48 Å². The summed E-state index contributed by atoms with van der Waals surface area (Å²) in [5.41, 5.74) is 8.16. The van der Waals surface area contributed by atoms with Gasteiger partial charge in [0.25, 0.3) is 0 Å². The number of rotatable bonds is 6. The lowest BCUT2D eigenvalue weighted by molar-refractivity contribution is 0.160. The Labute approximate surface area is 194 Å². The van der Waals surface area contributed by atoms with Gasteiger partial charge in [0.05, 0.1) is 18.0 Å². The van der Waals surface area contributed by atoms with Gasteiger partial charge in [-0.05, 0) is 43.5 Å². The highest BCUT2D eigenvalue weighted by molar-refractivity contribution is 5.89. The van der Waals surface area contributed by atoms with Crippen molar-refractivity contribution in [1.29, 1.82) is 5.26 Å². The molecule has 2 heterocycles. The number of primary amides is 1. The van der Waals surface area contributed by atoms with Crippen molar-refractivity contribution in [3.05, 3.63) is 77.5 Å². The fourth-order valence-electron chi connectivity index (χ4n) is 3.90. The zero-order chi connectivity index (χ0) is 23.6. The molecule has 1 aliphatic rings. The van der Waals surface area contributed by atoms with Gasteiger partial charge in [0.15, 0.2) is 5.82 Å². The number of methoxy groups -OCH3 is 1. The minimum atomic E-state index is -0.733. The van der Waals surface area contributed by atoms with Crippen molar-refractivity contribution in [3.8, 4) is 11.8 Å². The number of amides is 2. The molecule has 2 amide bonds. The first-order valence-corrected chi connectivity index (χ1v) is 10.9. The topological polar surface area (TPSA) is 109 Å². The number of aryl methyl sites for hydroxylation is 1. The highest BCUT2D eigenvalue weighted by Crippen LogP contribution is 2.26. The molecule has 8 heteroatoms. The van der Waals surface area contributed by atoms with Crippen LogP contribution in [0.1, 0.15) is 29.2 Å². The third kappa shape index (κ3) is 6.42.